The van der Waals surface area contributed by atoms with E-state index in [4.69, 9.17) is 0 Å². The predicted molar refractivity (Wildman–Crippen MR) is 227 cm³/mol. The minimum absolute atomic E-state index is 0.231. The van der Waals surface area contributed by atoms with Gasteiger partial charge >= 0.3 is 63.8 Å². The molecule has 0 heterocycles. The summed E-state index contributed by atoms with van der Waals surface area (Å²) in [7, 11) is 0. The van der Waals surface area contributed by atoms with E-state index >= 15 is 105 Å². The second-order valence-corrected chi connectivity index (χ2v) is 21.0. The summed E-state index contributed by atoms with van der Waals surface area (Å²) in [5, 5.41) is 0. The highest BCUT2D eigenvalue weighted by Gasteiger charge is 2.87. The second kappa shape index (κ2) is 21.2. The van der Waals surface area contributed by atoms with Crippen molar-refractivity contribution in [1.82, 2.24) is 0 Å². The van der Waals surface area contributed by atoms with Crippen molar-refractivity contribution in [2.75, 3.05) is 0 Å². The summed E-state index contributed by atoms with van der Waals surface area (Å²) >= 11 is -11.4. The third kappa shape index (κ3) is 11.8. The van der Waals surface area contributed by atoms with Gasteiger partial charge in [-0.2, -0.15) is 105 Å². The topological polar surface area (TPSA) is 36.9 Å². The maximum atomic E-state index is 16.1. The summed E-state index contributed by atoms with van der Waals surface area (Å²) in [6.07, 6.45) is -63.1. The smallest absolute Gasteiger partial charge is 0.565 e. The van der Waals surface area contributed by atoms with Gasteiger partial charge in [0.1, 0.15) is 0 Å². The van der Waals surface area contributed by atoms with E-state index in [0.717, 1.165) is 0 Å². The average Bonchev–Trinajstić information content (AvgIpc) is 3.25. The fraction of sp³-hybridized carbons (Fsp3) is 0.500. The molecule has 0 aliphatic rings. The zero-order valence-electron chi connectivity index (χ0n) is 40.8. The molecule has 0 saturated heterocycles. The Labute approximate surface area is 426 Å². The lowest BCUT2D eigenvalue weighted by Gasteiger charge is -2.58. The van der Waals surface area contributed by atoms with E-state index in [1.807, 2.05) is 0 Å². The van der Waals surface area contributed by atoms with Gasteiger partial charge in [0.25, 0.3) is 0 Å². The van der Waals surface area contributed by atoms with Gasteiger partial charge in [-0.05, 0) is 68.2 Å². The first-order valence-electron chi connectivity index (χ1n) is 22.4. The van der Waals surface area contributed by atoms with Crippen molar-refractivity contribution in [2.24, 2.45) is 0 Å². The summed E-state index contributed by atoms with van der Waals surface area (Å²) in [6, 6.07) is -1.69. The molecule has 0 fully saturated rings. The second-order valence-electron chi connectivity index (χ2n) is 18.9. The Morgan fingerprint density at radius 3 is 0.442 bits per heavy atom. The molecule has 0 saturated carbocycles. The van der Waals surface area contributed by atoms with Crippen LogP contribution in [0.15, 0.2) is 97.1 Å². The highest BCUT2D eigenvalue weighted by molar-refractivity contribution is 6.54. The normalized spacial score (nSPS) is 14.9. The monoisotopic (exact) mass is 1170 g/mol. The Morgan fingerprint density at radius 2 is 0.351 bits per heavy atom. The number of alkyl halides is 24. The predicted octanol–water partition coefficient (Wildman–Crippen LogP) is 18.1. The van der Waals surface area contributed by atoms with Crippen LogP contribution in [0.3, 0.4) is 0 Å². The van der Waals surface area contributed by atoms with Gasteiger partial charge < -0.3 is 15.2 Å². The molecule has 0 aliphatic carbocycles. The summed E-state index contributed by atoms with van der Waals surface area (Å²) in [4.78, 5) is 0. The molecule has 432 valence electrons. The first kappa shape index (κ1) is 65.1. The molecule has 0 bridgehead atoms. The highest BCUT2D eigenvalue weighted by Crippen LogP contribution is 2.65. The molecule has 4 aromatic carbocycles. The third-order valence-corrected chi connectivity index (χ3v) is 15.0. The van der Waals surface area contributed by atoms with Gasteiger partial charge in [0.05, 0.1) is 0 Å². The van der Waals surface area contributed by atoms with Crippen LogP contribution < -0.4 is 0 Å². The molecule has 29 heteroatoms. The largest absolute Gasteiger partial charge is 0.879 e. The van der Waals surface area contributed by atoms with Crippen LogP contribution in [0.5, 0.6) is 0 Å². The van der Waals surface area contributed by atoms with Crippen molar-refractivity contribution in [1.29, 1.82) is 0 Å². The molecule has 0 amide bonds. The Kier molecular flexibility index (Phi) is 17.9. The van der Waals surface area contributed by atoms with E-state index in [1.165, 1.54) is 55.4 Å². The van der Waals surface area contributed by atoms with Crippen LogP contribution in [0.4, 0.5) is 105 Å². The van der Waals surface area contributed by atoms with Crippen molar-refractivity contribution in [3.05, 3.63) is 142 Å². The zero-order valence-corrected chi connectivity index (χ0v) is 42.0. The summed E-state index contributed by atoms with van der Waals surface area (Å²) in [6.45, 7) is 9.49. The number of halogens is 24. The van der Waals surface area contributed by atoms with E-state index in [2.05, 4.69) is 15.2 Å². The quantitative estimate of drug-likeness (QED) is 0.0828. The number of hydrogen-bond acceptors (Lipinski definition) is 4. The van der Waals surface area contributed by atoms with E-state index in [1.54, 1.807) is 0 Å². The van der Waals surface area contributed by atoms with Gasteiger partial charge in [0, 0.05) is 0 Å². The van der Waals surface area contributed by atoms with E-state index in [9.17, 15) is 0 Å². The van der Waals surface area contributed by atoms with Crippen molar-refractivity contribution in [3.8, 4) is 0 Å². The van der Waals surface area contributed by atoms with Crippen molar-refractivity contribution < 1.29 is 121 Å². The zero-order chi connectivity index (χ0) is 59.6. The van der Waals surface area contributed by atoms with Gasteiger partial charge in [-0.25, -0.2) is 0 Å². The minimum atomic E-state index is -11.4. The van der Waals surface area contributed by atoms with E-state index in [-0.39, 0.29) is 70.8 Å². The summed E-state index contributed by atoms with van der Waals surface area (Å²) in [5.74, 6) is -3.87. The molecular formula is C48H44AlF24O4-. The molecule has 4 nitrogen and oxygen atoms in total. The molecule has 0 aliphatic heterocycles. The first-order valence-corrected chi connectivity index (χ1v) is 24.2. The standard InChI is InChI=1S/4C12H11F6O.Al/c4*1-7(2)8-3-5-9(6-4-8)10(19,11(13,14)15)12(16,17)18;/h4*3-7H,1-2H3;/q4*-1;+3. The summed E-state index contributed by atoms with van der Waals surface area (Å²) < 4.78 is 401. The first-order chi connectivity index (χ1) is 34.5. The Morgan fingerprint density at radius 1 is 0.234 bits per heavy atom. The van der Waals surface area contributed by atoms with E-state index in [0.29, 0.717) is 0 Å². The van der Waals surface area contributed by atoms with Gasteiger partial charge in [0.15, 0.2) is 0 Å². The molecule has 0 N–H and O–H groups in total. The van der Waals surface area contributed by atoms with E-state index < -0.39 is 181 Å². The van der Waals surface area contributed by atoms with Crippen LogP contribution in [-0.2, 0) is 37.6 Å². The number of hydrogen-bond donors (Lipinski definition) is 0. The van der Waals surface area contributed by atoms with Crippen LogP contribution in [0, 0.1) is 0 Å². The van der Waals surface area contributed by atoms with Crippen molar-refractivity contribution in [3.63, 3.8) is 0 Å². The summed E-state index contributed by atoms with van der Waals surface area (Å²) in [5.41, 5.74) is -42.1. The molecule has 4 aromatic rings. The Hall–Kier alpha value is -4.43. The lowest BCUT2D eigenvalue weighted by Crippen LogP contribution is -2.75. The van der Waals surface area contributed by atoms with Crippen LogP contribution in [0.25, 0.3) is 0 Å². The number of benzene rings is 4. The third-order valence-electron chi connectivity index (χ3n) is 12.4. The Balaban J connectivity index is 2.65. The molecule has 0 radical (unpaired) electrons. The maximum Gasteiger partial charge on any atom is 0.879 e. The molecule has 0 atom stereocenters. The van der Waals surface area contributed by atoms with Crippen molar-refractivity contribution in [2.45, 2.75) is 151 Å². The fourth-order valence-electron chi connectivity index (χ4n) is 8.18. The molecule has 77 heavy (non-hydrogen) atoms. The molecule has 4 rings (SSSR count). The Bertz CT molecular complexity index is 2160. The highest BCUT2D eigenvalue weighted by atomic mass is 27.3. The maximum absolute atomic E-state index is 16.1. The SMILES string of the molecule is CC(C)c1ccc(C([O][Al-]([O]C(c2ccc(C(C)C)cc2)(C(F)(F)F)C(F)(F)F)([O]C(c2ccc(C(C)C)cc2)(C(F)(F)F)C(F)(F)F)[O]C(c2ccc(C(C)C)cc2)(C(F)(F)F)C(F)(F)F)(C(F)(F)F)C(F)(F)F)cc1. The fourth-order valence-corrected chi connectivity index (χ4v) is 11.8. The van der Waals surface area contributed by atoms with Crippen LogP contribution in [-0.4, -0.2) is 63.8 Å². The van der Waals surface area contributed by atoms with Crippen LogP contribution in [0.2, 0.25) is 0 Å². The van der Waals surface area contributed by atoms with Gasteiger partial charge in [-0.15, -0.1) is 0 Å². The molecule has 0 aromatic heterocycles. The average molecular weight is 1170 g/mol. The molecular weight excluding hydrogens is 1120 g/mol. The van der Waals surface area contributed by atoms with Crippen LogP contribution in [0.1, 0.15) is 124 Å². The molecule has 0 spiro atoms. The minimum Gasteiger partial charge on any atom is -0.565 e. The lowest BCUT2D eigenvalue weighted by atomic mass is 9.90. The van der Waals surface area contributed by atoms with Crippen LogP contribution >= 0.6 is 0 Å². The lowest BCUT2D eigenvalue weighted by molar-refractivity contribution is -0.441. The van der Waals surface area contributed by atoms with Gasteiger partial charge in [-0.3, -0.25) is 0 Å². The van der Waals surface area contributed by atoms with Gasteiger partial charge in [0.2, 0.25) is 22.4 Å². The van der Waals surface area contributed by atoms with Gasteiger partial charge in [-0.1, -0.05) is 152 Å². The number of rotatable bonds is 16. The van der Waals surface area contributed by atoms with Crippen molar-refractivity contribution >= 4 is 14.4 Å². The molecule has 0 unspecified atom stereocenters.